The normalized spacial score (nSPS) is 26.5. The van der Waals surface area contributed by atoms with Gasteiger partial charge in [-0.15, -0.1) is 0 Å². The van der Waals surface area contributed by atoms with Crippen LogP contribution in [0.3, 0.4) is 0 Å². The summed E-state index contributed by atoms with van der Waals surface area (Å²) in [5, 5.41) is 14.3. The summed E-state index contributed by atoms with van der Waals surface area (Å²) in [6.45, 7) is 0.433. The topological polar surface area (TPSA) is 113 Å². The third-order valence-corrected chi connectivity index (χ3v) is 6.07. The lowest BCUT2D eigenvalue weighted by molar-refractivity contribution is -0.153. The molecule has 0 aromatic heterocycles. The zero-order valence-corrected chi connectivity index (χ0v) is 12.0. The van der Waals surface area contributed by atoms with Gasteiger partial charge in [-0.1, -0.05) is 6.42 Å². The summed E-state index contributed by atoms with van der Waals surface area (Å²) in [6.07, 6.45) is 2.62. The molecule has 2 fully saturated rings. The molecule has 1 aliphatic heterocycles. The van der Waals surface area contributed by atoms with Gasteiger partial charge in [0.05, 0.1) is 16.9 Å². The fourth-order valence-electron chi connectivity index (χ4n) is 2.65. The van der Waals surface area contributed by atoms with E-state index in [1.54, 1.807) is 0 Å². The zero-order valence-electron chi connectivity index (χ0n) is 11.2. The van der Waals surface area contributed by atoms with Crippen LogP contribution in [0.2, 0.25) is 0 Å². The summed E-state index contributed by atoms with van der Waals surface area (Å²) in [7, 11) is -2.93. The minimum Gasteiger partial charge on any atom is -0.481 e. The molecule has 1 saturated heterocycles. The van der Waals surface area contributed by atoms with Crippen molar-refractivity contribution >= 4 is 21.8 Å². The first-order chi connectivity index (χ1) is 9.33. The van der Waals surface area contributed by atoms with Gasteiger partial charge in [-0.25, -0.2) is 13.2 Å². The van der Waals surface area contributed by atoms with Gasteiger partial charge in [0.1, 0.15) is 0 Å². The van der Waals surface area contributed by atoms with E-state index < -0.39 is 27.3 Å². The van der Waals surface area contributed by atoms with Crippen LogP contribution in [0, 0.1) is 11.3 Å². The number of amides is 2. The average molecular weight is 304 g/mol. The van der Waals surface area contributed by atoms with Gasteiger partial charge in [-0.3, -0.25) is 4.79 Å². The summed E-state index contributed by atoms with van der Waals surface area (Å²) in [5.41, 5.74) is -0.811. The van der Waals surface area contributed by atoms with Gasteiger partial charge in [0.15, 0.2) is 9.84 Å². The molecule has 2 aliphatic rings. The number of sulfone groups is 1. The predicted molar refractivity (Wildman–Crippen MR) is 72.1 cm³/mol. The molecular formula is C12H20N2O5S. The fourth-order valence-corrected chi connectivity index (χ4v) is 4.51. The second kappa shape index (κ2) is 5.59. The van der Waals surface area contributed by atoms with Crippen LogP contribution in [0.5, 0.6) is 0 Å². The fraction of sp³-hybridized carbons (Fsp3) is 0.833. The third-order valence-electron chi connectivity index (χ3n) is 4.23. The van der Waals surface area contributed by atoms with Crippen molar-refractivity contribution in [3.8, 4) is 0 Å². The summed E-state index contributed by atoms with van der Waals surface area (Å²) in [4.78, 5) is 22.7. The maximum Gasteiger partial charge on any atom is 0.314 e. The van der Waals surface area contributed by atoms with Crippen LogP contribution < -0.4 is 10.6 Å². The van der Waals surface area contributed by atoms with E-state index in [4.69, 9.17) is 5.11 Å². The van der Waals surface area contributed by atoms with Crippen LogP contribution >= 0.6 is 0 Å². The zero-order chi connectivity index (χ0) is 14.8. The van der Waals surface area contributed by atoms with E-state index in [1.807, 2.05) is 0 Å². The standard InChI is InChI=1S/C12H20N2O5S/c15-10(16)12(3-1-4-12)8-14-11(17)13-6-9-2-5-20(18,19)7-9/h9H,1-8H2,(H,15,16)(H2,13,14,17). The molecule has 20 heavy (non-hydrogen) atoms. The molecule has 0 aromatic carbocycles. The second-order valence-corrected chi connectivity index (χ2v) is 8.00. The minimum absolute atomic E-state index is 0.0390. The number of carboxylic acids is 1. The first kappa shape index (κ1) is 15.1. The summed E-state index contributed by atoms with van der Waals surface area (Å²) in [6, 6.07) is -0.429. The molecule has 1 saturated carbocycles. The number of urea groups is 1. The number of carbonyl (C=O) groups is 2. The Balaban J connectivity index is 1.70. The van der Waals surface area contributed by atoms with Gasteiger partial charge in [-0.05, 0) is 25.2 Å². The van der Waals surface area contributed by atoms with E-state index in [9.17, 15) is 18.0 Å². The Labute approximate surface area is 118 Å². The van der Waals surface area contributed by atoms with Crippen molar-refractivity contribution in [1.82, 2.24) is 10.6 Å². The van der Waals surface area contributed by atoms with Crippen LogP contribution in [0.15, 0.2) is 0 Å². The molecule has 0 aromatic rings. The SMILES string of the molecule is O=C(NCC1CCS(=O)(=O)C1)NCC1(C(=O)O)CCC1. The highest BCUT2D eigenvalue weighted by atomic mass is 32.2. The first-order valence-electron chi connectivity index (χ1n) is 6.79. The number of hydrogen-bond acceptors (Lipinski definition) is 4. The molecule has 1 heterocycles. The highest BCUT2D eigenvalue weighted by molar-refractivity contribution is 7.91. The van der Waals surface area contributed by atoms with E-state index in [0.29, 0.717) is 25.8 Å². The molecule has 114 valence electrons. The van der Waals surface area contributed by atoms with E-state index in [1.165, 1.54) is 0 Å². The largest absolute Gasteiger partial charge is 0.481 e. The third kappa shape index (κ3) is 3.41. The van der Waals surface area contributed by atoms with Gasteiger partial charge in [0.2, 0.25) is 0 Å². The molecule has 1 atom stereocenters. The maximum absolute atomic E-state index is 11.6. The minimum atomic E-state index is -2.93. The molecule has 3 N–H and O–H groups in total. The maximum atomic E-state index is 11.6. The van der Waals surface area contributed by atoms with Gasteiger partial charge in [-0.2, -0.15) is 0 Å². The number of carbonyl (C=O) groups excluding carboxylic acids is 1. The number of rotatable bonds is 5. The van der Waals surface area contributed by atoms with Gasteiger partial charge in [0.25, 0.3) is 0 Å². The average Bonchev–Trinajstić information content (AvgIpc) is 2.64. The number of aliphatic carboxylic acids is 1. The molecular weight excluding hydrogens is 284 g/mol. The van der Waals surface area contributed by atoms with Crippen LogP contribution in [-0.2, 0) is 14.6 Å². The quantitative estimate of drug-likeness (QED) is 0.660. The van der Waals surface area contributed by atoms with Crippen LogP contribution in [0.25, 0.3) is 0 Å². The molecule has 7 nitrogen and oxygen atoms in total. The van der Waals surface area contributed by atoms with Gasteiger partial charge >= 0.3 is 12.0 Å². The Morgan fingerprint density at radius 3 is 2.40 bits per heavy atom. The predicted octanol–water partition coefficient (Wildman–Crippen LogP) is -0.0248. The molecule has 1 aliphatic carbocycles. The number of nitrogens with one attached hydrogen (secondary N) is 2. The van der Waals surface area contributed by atoms with Crippen molar-refractivity contribution in [2.75, 3.05) is 24.6 Å². The van der Waals surface area contributed by atoms with Crippen LogP contribution in [0.1, 0.15) is 25.7 Å². The van der Waals surface area contributed by atoms with Gasteiger partial charge in [0, 0.05) is 13.1 Å². The summed E-state index contributed by atoms with van der Waals surface area (Å²) < 4.78 is 22.5. The van der Waals surface area contributed by atoms with Crippen molar-refractivity contribution < 1.29 is 23.1 Å². The lowest BCUT2D eigenvalue weighted by Crippen LogP contribution is -2.50. The number of carboxylic acid groups (broad SMARTS) is 1. The summed E-state index contributed by atoms with van der Waals surface area (Å²) >= 11 is 0. The van der Waals surface area contributed by atoms with E-state index in [2.05, 4.69) is 10.6 Å². The Morgan fingerprint density at radius 1 is 1.25 bits per heavy atom. The number of hydrogen-bond donors (Lipinski definition) is 3. The monoisotopic (exact) mass is 304 g/mol. The Morgan fingerprint density at radius 2 is 1.95 bits per heavy atom. The van der Waals surface area contributed by atoms with Crippen molar-refractivity contribution in [3.05, 3.63) is 0 Å². The highest BCUT2D eigenvalue weighted by Crippen LogP contribution is 2.40. The van der Waals surface area contributed by atoms with Crippen LogP contribution in [0.4, 0.5) is 4.79 Å². The van der Waals surface area contributed by atoms with Crippen molar-refractivity contribution in [3.63, 3.8) is 0 Å². The van der Waals surface area contributed by atoms with Gasteiger partial charge < -0.3 is 15.7 Å². The van der Waals surface area contributed by atoms with Crippen molar-refractivity contribution in [2.45, 2.75) is 25.7 Å². The molecule has 2 amide bonds. The Hall–Kier alpha value is -1.31. The molecule has 8 heteroatoms. The van der Waals surface area contributed by atoms with Crippen molar-refractivity contribution in [2.24, 2.45) is 11.3 Å². The Kier molecular flexibility index (Phi) is 4.22. The second-order valence-electron chi connectivity index (χ2n) is 5.77. The van der Waals surface area contributed by atoms with E-state index in [-0.39, 0.29) is 24.0 Å². The molecule has 1 unspecified atom stereocenters. The molecule has 0 bridgehead atoms. The highest BCUT2D eigenvalue weighted by Gasteiger charge is 2.44. The molecule has 0 spiro atoms. The van der Waals surface area contributed by atoms with E-state index in [0.717, 1.165) is 6.42 Å². The molecule has 0 radical (unpaired) electrons. The smallest absolute Gasteiger partial charge is 0.314 e. The lowest BCUT2D eigenvalue weighted by Gasteiger charge is -2.37. The Bertz CT molecular complexity index is 498. The lowest BCUT2D eigenvalue weighted by atomic mass is 9.69. The van der Waals surface area contributed by atoms with E-state index >= 15 is 0 Å². The van der Waals surface area contributed by atoms with Crippen molar-refractivity contribution in [1.29, 1.82) is 0 Å². The molecule has 2 rings (SSSR count). The first-order valence-corrected chi connectivity index (χ1v) is 8.61. The summed E-state index contributed by atoms with van der Waals surface area (Å²) in [5.74, 6) is -0.607. The van der Waals surface area contributed by atoms with Crippen LogP contribution in [-0.4, -0.2) is 50.1 Å².